The van der Waals surface area contributed by atoms with Crippen LogP contribution in [0.4, 0.5) is 5.69 Å². The van der Waals surface area contributed by atoms with E-state index in [2.05, 4.69) is 5.32 Å². The lowest BCUT2D eigenvalue weighted by Gasteiger charge is -2.22. The van der Waals surface area contributed by atoms with Gasteiger partial charge in [0.05, 0.1) is 7.11 Å². The molecule has 0 saturated heterocycles. The molecule has 6 nitrogen and oxygen atoms in total. The summed E-state index contributed by atoms with van der Waals surface area (Å²) in [6.07, 6.45) is 2.44. The van der Waals surface area contributed by atoms with E-state index in [1.165, 1.54) is 7.11 Å². The summed E-state index contributed by atoms with van der Waals surface area (Å²) in [4.78, 5) is 23.3. The highest BCUT2D eigenvalue weighted by molar-refractivity contribution is 5.95. The highest BCUT2D eigenvalue weighted by atomic mass is 16.5. The zero-order chi connectivity index (χ0) is 14.5. The summed E-state index contributed by atoms with van der Waals surface area (Å²) in [5, 5.41) is 11.8. The number of hydrogen-bond donors (Lipinski definition) is 3. The molecule has 0 aliphatic heterocycles. The number of rotatable bonds is 4. The van der Waals surface area contributed by atoms with Gasteiger partial charge in [-0.05, 0) is 31.0 Å². The lowest BCUT2D eigenvalue weighted by Crippen LogP contribution is -2.37. The fourth-order valence-corrected chi connectivity index (χ4v) is 2.28. The lowest BCUT2D eigenvalue weighted by atomic mass is 9.94. The molecule has 1 aliphatic rings. The molecular weight excluding hydrogens is 260 g/mol. The Morgan fingerprint density at radius 2 is 2.05 bits per heavy atom. The SMILES string of the molecule is COc1cc(C(=O)NC2CCC(=O)CC2)ccc1NO. The molecule has 1 aliphatic carbocycles. The first kappa shape index (κ1) is 14.3. The number of amides is 1. The van der Waals surface area contributed by atoms with Crippen molar-refractivity contribution in [3.63, 3.8) is 0 Å². The van der Waals surface area contributed by atoms with Gasteiger partial charge in [-0.1, -0.05) is 0 Å². The van der Waals surface area contributed by atoms with Gasteiger partial charge in [0.15, 0.2) is 0 Å². The molecule has 1 fully saturated rings. The van der Waals surface area contributed by atoms with Crippen LogP contribution in [0.3, 0.4) is 0 Å². The third-order valence-electron chi connectivity index (χ3n) is 3.46. The van der Waals surface area contributed by atoms with Gasteiger partial charge >= 0.3 is 0 Å². The van der Waals surface area contributed by atoms with Gasteiger partial charge in [0.25, 0.3) is 5.91 Å². The van der Waals surface area contributed by atoms with Crippen molar-refractivity contribution in [1.82, 2.24) is 5.32 Å². The molecule has 0 spiro atoms. The molecular formula is C14H18N2O4. The minimum absolute atomic E-state index is 0.0434. The van der Waals surface area contributed by atoms with E-state index in [-0.39, 0.29) is 17.7 Å². The van der Waals surface area contributed by atoms with Gasteiger partial charge in [0.2, 0.25) is 0 Å². The van der Waals surface area contributed by atoms with Crippen LogP contribution in [0.25, 0.3) is 0 Å². The average Bonchev–Trinajstić information content (AvgIpc) is 2.48. The first-order chi connectivity index (χ1) is 9.63. The smallest absolute Gasteiger partial charge is 0.251 e. The molecule has 6 heteroatoms. The molecule has 1 aromatic rings. The predicted molar refractivity (Wildman–Crippen MR) is 73.1 cm³/mol. The van der Waals surface area contributed by atoms with Crippen molar-refractivity contribution in [1.29, 1.82) is 0 Å². The van der Waals surface area contributed by atoms with E-state index in [0.29, 0.717) is 42.7 Å². The summed E-state index contributed by atoms with van der Waals surface area (Å²) in [5.74, 6) is 0.446. The van der Waals surface area contributed by atoms with Crippen molar-refractivity contribution < 1.29 is 19.5 Å². The second-order valence-electron chi connectivity index (χ2n) is 4.81. The molecule has 1 amide bonds. The number of carbonyl (C=O) groups excluding carboxylic acids is 2. The van der Waals surface area contributed by atoms with Crippen molar-refractivity contribution in [3.05, 3.63) is 23.8 Å². The maximum absolute atomic E-state index is 12.1. The second-order valence-corrected chi connectivity index (χ2v) is 4.81. The van der Waals surface area contributed by atoms with Crippen LogP contribution in [-0.2, 0) is 4.79 Å². The fourth-order valence-electron chi connectivity index (χ4n) is 2.28. The summed E-state index contributed by atoms with van der Waals surface area (Å²) in [7, 11) is 1.46. The number of nitrogens with one attached hydrogen (secondary N) is 2. The molecule has 0 atom stereocenters. The van der Waals surface area contributed by atoms with Gasteiger partial charge in [-0.25, -0.2) is 0 Å². The number of carbonyl (C=O) groups is 2. The molecule has 108 valence electrons. The minimum atomic E-state index is -0.202. The monoisotopic (exact) mass is 278 g/mol. The Hall–Kier alpha value is -2.08. The second kappa shape index (κ2) is 6.38. The van der Waals surface area contributed by atoms with Crippen LogP contribution in [0, 0.1) is 0 Å². The number of hydrogen-bond acceptors (Lipinski definition) is 5. The van der Waals surface area contributed by atoms with E-state index in [0.717, 1.165) is 0 Å². The van der Waals surface area contributed by atoms with Gasteiger partial charge in [-0.15, -0.1) is 0 Å². The van der Waals surface area contributed by atoms with Crippen molar-refractivity contribution in [2.24, 2.45) is 0 Å². The summed E-state index contributed by atoms with van der Waals surface area (Å²) in [6.45, 7) is 0. The summed E-state index contributed by atoms with van der Waals surface area (Å²) >= 11 is 0. The van der Waals surface area contributed by atoms with Gasteiger partial charge in [-0.2, -0.15) is 0 Å². The number of Topliss-reactive ketones (excluding diaryl/α,β-unsaturated/α-hetero) is 1. The van der Waals surface area contributed by atoms with E-state index < -0.39 is 0 Å². The Morgan fingerprint density at radius 3 is 2.65 bits per heavy atom. The standard InChI is InChI=1S/C14H18N2O4/c1-20-13-8-9(2-7-12(13)16-19)14(18)15-10-3-5-11(17)6-4-10/h2,7-8,10,16,19H,3-6H2,1H3,(H,15,18). The summed E-state index contributed by atoms with van der Waals surface area (Å²) in [6, 6.07) is 4.77. The summed E-state index contributed by atoms with van der Waals surface area (Å²) < 4.78 is 5.08. The van der Waals surface area contributed by atoms with Crippen LogP contribution in [0.5, 0.6) is 5.75 Å². The zero-order valence-corrected chi connectivity index (χ0v) is 11.3. The number of ketones is 1. The van der Waals surface area contributed by atoms with E-state index in [9.17, 15) is 9.59 Å². The lowest BCUT2D eigenvalue weighted by molar-refractivity contribution is -0.120. The molecule has 1 saturated carbocycles. The van der Waals surface area contributed by atoms with Crippen LogP contribution < -0.4 is 15.5 Å². The minimum Gasteiger partial charge on any atom is -0.494 e. The number of ether oxygens (including phenoxy) is 1. The van der Waals surface area contributed by atoms with E-state index in [4.69, 9.17) is 9.94 Å². The molecule has 0 unspecified atom stereocenters. The number of methoxy groups -OCH3 is 1. The van der Waals surface area contributed by atoms with Crippen molar-refractivity contribution in [3.8, 4) is 5.75 Å². The Morgan fingerprint density at radius 1 is 1.35 bits per heavy atom. The van der Waals surface area contributed by atoms with Crippen LogP contribution in [0.15, 0.2) is 18.2 Å². The highest BCUT2D eigenvalue weighted by Gasteiger charge is 2.21. The van der Waals surface area contributed by atoms with Crippen molar-refractivity contribution in [2.75, 3.05) is 12.6 Å². The topological polar surface area (TPSA) is 87.7 Å². The van der Waals surface area contributed by atoms with E-state index in [1.54, 1.807) is 18.2 Å². The fraction of sp³-hybridized carbons (Fsp3) is 0.429. The van der Waals surface area contributed by atoms with Gasteiger partial charge < -0.3 is 10.1 Å². The molecule has 0 heterocycles. The molecule has 0 bridgehead atoms. The van der Waals surface area contributed by atoms with Crippen molar-refractivity contribution >= 4 is 17.4 Å². The molecule has 3 N–H and O–H groups in total. The van der Waals surface area contributed by atoms with Crippen LogP contribution in [-0.4, -0.2) is 30.0 Å². The first-order valence-corrected chi connectivity index (χ1v) is 6.54. The Kier molecular flexibility index (Phi) is 4.57. The van der Waals surface area contributed by atoms with Crippen LogP contribution in [0.1, 0.15) is 36.0 Å². The summed E-state index contributed by atoms with van der Waals surface area (Å²) in [5.41, 5.74) is 2.86. The Balaban J connectivity index is 2.03. The zero-order valence-electron chi connectivity index (χ0n) is 11.3. The third-order valence-corrected chi connectivity index (χ3v) is 3.46. The quantitative estimate of drug-likeness (QED) is 0.730. The van der Waals surface area contributed by atoms with Gasteiger partial charge in [0, 0.05) is 24.4 Å². The third kappa shape index (κ3) is 3.27. The Labute approximate surface area is 117 Å². The average molecular weight is 278 g/mol. The maximum atomic E-state index is 12.1. The number of anilines is 1. The number of benzene rings is 1. The molecule has 20 heavy (non-hydrogen) atoms. The van der Waals surface area contributed by atoms with Gasteiger partial charge in [0.1, 0.15) is 17.2 Å². The van der Waals surface area contributed by atoms with Gasteiger partial charge in [-0.3, -0.25) is 20.3 Å². The molecule has 0 radical (unpaired) electrons. The highest BCUT2D eigenvalue weighted by Crippen LogP contribution is 2.25. The largest absolute Gasteiger partial charge is 0.494 e. The van der Waals surface area contributed by atoms with Crippen LogP contribution >= 0.6 is 0 Å². The molecule has 2 rings (SSSR count). The molecule has 1 aromatic carbocycles. The van der Waals surface area contributed by atoms with Crippen LogP contribution in [0.2, 0.25) is 0 Å². The Bertz CT molecular complexity index is 506. The normalized spacial score (nSPS) is 15.8. The van der Waals surface area contributed by atoms with E-state index in [1.807, 2.05) is 5.48 Å². The van der Waals surface area contributed by atoms with E-state index >= 15 is 0 Å². The first-order valence-electron chi connectivity index (χ1n) is 6.54. The maximum Gasteiger partial charge on any atom is 0.251 e. The molecule has 0 aromatic heterocycles. The predicted octanol–water partition coefficient (Wildman–Crippen LogP) is 1.74. The van der Waals surface area contributed by atoms with Crippen molar-refractivity contribution in [2.45, 2.75) is 31.7 Å².